The van der Waals surface area contributed by atoms with Gasteiger partial charge in [0, 0.05) is 6.54 Å². The second-order valence-electron chi connectivity index (χ2n) is 5.33. The van der Waals surface area contributed by atoms with Crippen molar-refractivity contribution in [2.24, 2.45) is 0 Å². The molecule has 0 spiro atoms. The van der Waals surface area contributed by atoms with E-state index in [0.717, 1.165) is 12.8 Å². The molecule has 2 rings (SSSR count). The summed E-state index contributed by atoms with van der Waals surface area (Å²) in [6, 6.07) is 6.20. The molecule has 0 atom stereocenters. The Bertz CT molecular complexity index is 521. The number of aliphatic hydroxyl groups excluding tert-OH is 1. The number of sulfonamides is 1. The van der Waals surface area contributed by atoms with Crippen molar-refractivity contribution in [3.63, 3.8) is 0 Å². The molecule has 1 aromatic carbocycles. The highest BCUT2D eigenvalue weighted by molar-refractivity contribution is 7.89. The van der Waals surface area contributed by atoms with Crippen LogP contribution in [-0.4, -0.2) is 32.8 Å². The predicted molar refractivity (Wildman–Crippen MR) is 80.4 cm³/mol. The van der Waals surface area contributed by atoms with Crippen LogP contribution < -0.4 is 4.72 Å². The Hall–Kier alpha value is -0.950. The molecule has 1 aromatic rings. The summed E-state index contributed by atoms with van der Waals surface area (Å²) in [4.78, 5) is 0.206. The molecule has 1 aliphatic rings. The number of ether oxygens (including phenoxy) is 1. The molecule has 2 N–H and O–H groups in total. The lowest BCUT2D eigenvalue weighted by molar-refractivity contribution is 0.0321. The largest absolute Gasteiger partial charge is 0.392 e. The SMILES string of the molecule is O=S(=O)(NCCOC1CCCCC1)c1ccc(CO)cc1. The maximum Gasteiger partial charge on any atom is 0.240 e. The zero-order valence-corrected chi connectivity index (χ0v) is 12.9. The van der Waals surface area contributed by atoms with E-state index in [9.17, 15) is 8.42 Å². The lowest BCUT2D eigenvalue weighted by atomic mass is 9.98. The van der Waals surface area contributed by atoms with E-state index in [4.69, 9.17) is 9.84 Å². The van der Waals surface area contributed by atoms with Gasteiger partial charge in [-0.2, -0.15) is 0 Å². The van der Waals surface area contributed by atoms with Crippen LogP contribution in [0.3, 0.4) is 0 Å². The minimum absolute atomic E-state index is 0.0943. The van der Waals surface area contributed by atoms with Gasteiger partial charge in [0.15, 0.2) is 0 Å². The van der Waals surface area contributed by atoms with Crippen LogP contribution in [0.5, 0.6) is 0 Å². The molecule has 1 fully saturated rings. The van der Waals surface area contributed by atoms with Crippen LogP contribution in [0.4, 0.5) is 0 Å². The zero-order chi connectivity index (χ0) is 15.1. The van der Waals surface area contributed by atoms with Crippen molar-refractivity contribution in [1.29, 1.82) is 0 Å². The fraction of sp³-hybridized carbons (Fsp3) is 0.600. The van der Waals surface area contributed by atoms with Gasteiger partial charge in [-0.05, 0) is 30.5 Å². The first-order valence-electron chi connectivity index (χ1n) is 7.43. The molecule has 0 aliphatic heterocycles. The molecule has 5 nitrogen and oxygen atoms in total. The Balaban J connectivity index is 1.77. The summed E-state index contributed by atoms with van der Waals surface area (Å²) in [6.07, 6.45) is 6.12. The van der Waals surface area contributed by atoms with Gasteiger partial charge >= 0.3 is 0 Å². The first-order valence-corrected chi connectivity index (χ1v) is 8.91. The number of hydrogen-bond donors (Lipinski definition) is 2. The van der Waals surface area contributed by atoms with Crippen molar-refractivity contribution >= 4 is 10.0 Å². The fourth-order valence-corrected chi connectivity index (χ4v) is 3.50. The highest BCUT2D eigenvalue weighted by atomic mass is 32.2. The summed E-state index contributed by atoms with van der Waals surface area (Å²) in [5, 5.41) is 8.95. The first-order chi connectivity index (χ1) is 10.1. The van der Waals surface area contributed by atoms with E-state index in [1.54, 1.807) is 12.1 Å². The fourth-order valence-electron chi connectivity index (χ4n) is 2.49. The molecule has 0 bridgehead atoms. The lowest BCUT2D eigenvalue weighted by Crippen LogP contribution is -2.29. The van der Waals surface area contributed by atoms with Crippen LogP contribution in [0.2, 0.25) is 0 Å². The Labute approximate surface area is 126 Å². The van der Waals surface area contributed by atoms with Gasteiger partial charge in [-0.15, -0.1) is 0 Å². The Morgan fingerprint density at radius 1 is 1.14 bits per heavy atom. The molecule has 0 aromatic heterocycles. The van der Waals surface area contributed by atoms with Crippen molar-refractivity contribution in [3.8, 4) is 0 Å². The summed E-state index contributed by atoms with van der Waals surface area (Å²) in [6.45, 7) is 0.586. The number of nitrogens with one attached hydrogen (secondary N) is 1. The monoisotopic (exact) mass is 313 g/mol. The van der Waals surface area contributed by atoms with Crippen LogP contribution in [0, 0.1) is 0 Å². The molecular formula is C15H23NO4S. The summed E-state index contributed by atoms with van der Waals surface area (Å²) in [7, 11) is -3.50. The molecule has 118 valence electrons. The Morgan fingerprint density at radius 3 is 2.43 bits per heavy atom. The van der Waals surface area contributed by atoms with Gasteiger partial charge in [-0.3, -0.25) is 0 Å². The molecule has 0 heterocycles. The van der Waals surface area contributed by atoms with Gasteiger partial charge in [0.05, 0.1) is 24.2 Å². The summed E-state index contributed by atoms with van der Waals surface area (Å²) in [5.41, 5.74) is 0.689. The van der Waals surface area contributed by atoms with Gasteiger partial charge in [-0.25, -0.2) is 13.1 Å². The second kappa shape index (κ2) is 7.89. The van der Waals surface area contributed by atoms with E-state index >= 15 is 0 Å². The normalized spacial score (nSPS) is 17.0. The highest BCUT2D eigenvalue weighted by Crippen LogP contribution is 2.20. The zero-order valence-electron chi connectivity index (χ0n) is 12.1. The molecule has 1 saturated carbocycles. The topological polar surface area (TPSA) is 75.6 Å². The molecule has 21 heavy (non-hydrogen) atoms. The molecule has 0 unspecified atom stereocenters. The van der Waals surface area contributed by atoms with Gasteiger partial charge in [0.1, 0.15) is 0 Å². The van der Waals surface area contributed by atoms with Crippen LogP contribution >= 0.6 is 0 Å². The highest BCUT2D eigenvalue weighted by Gasteiger charge is 2.15. The first kappa shape index (κ1) is 16.4. The van der Waals surface area contributed by atoms with Crippen molar-refractivity contribution in [3.05, 3.63) is 29.8 Å². The minimum atomic E-state index is -3.50. The quantitative estimate of drug-likeness (QED) is 0.753. The van der Waals surface area contributed by atoms with E-state index in [2.05, 4.69) is 4.72 Å². The van der Waals surface area contributed by atoms with Gasteiger partial charge in [0.25, 0.3) is 0 Å². The maximum absolute atomic E-state index is 12.1. The third-order valence-corrected chi connectivity index (χ3v) is 5.19. The average molecular weight is 313 g/mol. The van der Waals surface area contributed by atoms with E-state index in [0.29, 0.717) is 12.2 Å². The average Bonchev–Trinajstić information content (AvgIpc) is 2.53. The van der Waals surface area contributed by atoms with Crippen LogP contribution in [0.1, 0.15) is 37.7 Å². The van der Waals surface area contributed by atoms with Crippen molar-refractivity contribution in [1.82, 2.24) is 4.72 Å². The molecule has 0 radical (unpaired) electrons. The summed E-state index contributed by atoms with van der Waals surface area (Å²) < 4.78 is 32.3. The Kier molecular flexibility index (Phi) is 6.17. The lowest BCUT2D eigenvalue weighted by Gasteiger charge is -2.22. The van der Waals surface area contributed by atoms with E-state index < -0.39 is 10.0 Å². The smallest absolute Gasteiger partial charge is 0.240 e. The third-order valence-electron chi connectivity index (χ3n) is 3.72. The molecule has 0 saturated heterocycles. The molecule has 6 heteroatoms. The van der Waals surface area contributed by atoms with Crippen LogP contribution in [0.15, 0.2) is 29.2 Å². The van der Waals surface area contributed by atoms with Crippen molar-refractivity contribution in [2.75, 3.05) is 13.2 Å². The molecule has 0 amide bonds. The van der Waals surface area contributed by atoms with E-state index in [1.165, 1.54) is 31.4 Å². The van der Waals surface area contributed by atoms with Crippen molar-refractivity contribution < 1.29 is 18.3 Å². The van der Waals surface area contributed by atoms with Crippen LogP contribution in [0.25, 0.3) is 0 Å². The summed E-state index contributed by atoms with van der Waals surface area (Å²) >= 11 is 0. The van der Waals surface area contributed by atoms with Gasteiger partial charge in [-0.1, -0.05) is 31.4 Å². The third kappa shape index (κ3) is 5.07. The number of aliphatic hydroxyl groups is 1. The van der Waals surface area contributed by atoms with E-state index in [1.807, 2.05) is 0 Å². The molecule has 1 aliphatic carbocycles. The molecular weight excluding hydrogens is 290 g/mol. The van der Waals surface area contributed by atoms with Gasteiger partial charge in [0.2, 0.25) is 10.0 Å². The standard InChI is InChI=1S/C15H23NO4S/c17-12-13-6-8-15(9-7-13)21(18,19)16-10-11-20-14-4-2-1-3-5-14/h6-9,14,16-17H,1-5,10-12H2. The summed E-state index contributed by atoms with van der Waals surface area (Å²) in [5.74, 6) is 0. The Morgan fingerprint density at radius 2 is 1.81 bits per heavy atom. The second-order valence-corrected chi connectivity index (χ2v) is 7.10. The predicted octanol–water partition coefficient (Wildman–Crippen LogP) is 1.81. The van der Waals surface area contributed by atoms with Gasteiger partial charge < -0.3 is 9.84 Å². The minimum Gasteiger partial charge on any atom is -0.392 e. The van der Waals surface area contributed by atoms with Crippen molar-refractivity contribution in [2.45, 2.75) is 49.7 Å². The van der Waals surface area contributed by atoms with E-state index in [-0.39, 0.29) is 24.2 Å². The van der Waals surface area contributed by atoms with Crippen LogP contribution in [-0.2, 0) is 21.4 Å². The number of hydrogen-bond acceptors (Lipinski definition) is 4. The number of benzene rings is 1. The number of rotatable bonds is 7. The maximum atomic E-state index is 12.1.